The first-order valence-electron chi connectivity index (χ1n) is 10.7. The second-order valence-corrected chi connectivity index (χ2v) is 9.57. The average molecular weight is 489 g/mol. The normalized spacial score (nSPS) is 11.2. The summed E-state index contributed by atoms with van der Waals surface area (Å²) in [7, 11) is -3.76. The van der Waals surface area contributed by atoms with Crippen LogP contribution >= 0.6 is 0 Å². The largest absolute Gasteiger partial charge is 0.492 e. The maximum Gasteiger partial charge on any atom is 0.251 e. The summed E-state index contributed by atoms with van der Waals surface area (Å²) >= 11 is 0. The minimum atomic E-state index is -3.76. The number of aryl methyl sites for hydroxylation is 1. The van der Waals surface area contributed by atoms with Crippen molar-refractivity contribution >= 4 is 21.6 Å². The molecule has 0 unspecified atom stereocenters. The molecule has 180 valence electrons. The van der Waals surface area contributed by atoms with Gasteiger partial charge in [-0.3, -0.25) is 9.10 Å². The number of carbonyl (C=O) groups is 1. The molecule has 0 heterocycles. The van der Waals surface area contributed by atoms with E-state index in [-0.39, 0.29) is 18.1 Å². The van der Waals surface area contributed by atoms with E-state index in [4.69, 9.17) is 4.74 Å². The second-order valence-electron chi connectivity index (χ2n) is 7.67. The van der Waals surface area contributed by atoms with Crippen LogP contribution in [0.1, 0.15) is 28.4 Å². The molecule has 6 nitrogen and oxygen atoms in total. The van der Waals surface area contributed by atoms with Crippen LogP contribution in [0.5, 0.6) is 5.75 Å². The molecule has 1 amide bonds. The number of nitrogens with zero attached hydrogens (tertiary/aromatic N) is 1. The molecule has 0 aliphatic rings. The van der Waals surface area contributed by atoms with Crippen LogP contribution in [0.25, 0.3) is 0 Å². The van der Waals surface area contributed by atoms with Gasteiger partial charge in [-0.25, -0.2) is 17.2 Å². The van der Waals surface area contributed by atoms with Crippen molar-refractivity contribution in [3.05, 3.63) is 95.1 Å². The van der Waals surface area contributed by atoms with E-state index in [9.17, 15) is 22.0 Å². The fraction of sp³-hybridized carbons (Fsp3) is 0.240. The highest BCUT2D eigenvalue weighted by Crippen LogP contribution is 2.23. The molecule has 0 aliphatic heterocycles. The Morgan fingerprint density at radius 3 is 2.18 bits per heavy atom. The highest BCUT2D eigenvalue weighted by atomic mass is 32.2. The van der Waals surface area contributed by atoms with E-state index in [2.05, 4.69) is 12.2 Å². The van der Waals surface area contributed by atoms with Gasteiger partial charge in [0.1, 0.15) is 12.4 Å². The van der Waals surface area contributed by atoms with Gasteiger partial charge in [0.2, 0.25) is 10.0 Å². The van der Waals surface area contributed by atoms with E-state index < -0.39 is 21.7 Å². The SMILES string of the molecule is CCc1ccc(OCCNC(=O)c2ccc(CN(c3ccc(F)c(F)c3)S(C)(=O)=O)cc2)cc1. The number of hydrogen-bond acceptors (Lipinski definition) is 4. The predicted octanol–water partition coefficient (Wildman–Crippen LogP) is 4.30. The number of sulfonamides is 1. The highest BCUT2D eigenvalue weighted by Gasteiger charge is 2.19. The third-order valence-electron chi connectivity index (χ3n) is 5.12. The zero-order valence-electron chi connectivity index (χ0n) is 18.9. The molecular formula is C25H26F2N2O4S. The zero-order chi connectivity index (χ0) is 24.7. The van der Waals surface area contributed by atoms with E-state index in [1.54, 1.807) is 24.3 Å². The van der Waals surface area contributed by atoms with E-state index in [1.165, 1.54) is 11.6 Å². The van der Waals surface area contributed by atoms with Crippen LogP contribution in [-0.2, 0) is 23.0 Å². The molecular weight excluding hydrogens is 462 g/mol. The lowest BCUT2D eigenvalue weighted by atomic mass is 10.1. The number of halogens is 2. The first kappa shape index (κ1) is 25.2. The summed E-state index contributed by atoms with van der Waals surface area (Å²) in [5, 5.41) is 2.77. The van der Waals surface area contributed by atoms with Crippen LogP contribution in [0.15, 0.2) is 66.7 Å². The zero-order valence-corrected chi connectivity index (χ0v) is 19.7. The molecule has 3 aromatic rings. The van der Waals surface area contributed by atoms with Gasteiger partial charge in [-0.15, -0.1) is 0 Å². The summed E-state index contributed by atoms with van der Waals surface area (Å²) in [6, 6.07) is 17.0. The maximum absolute atomic E-state index is 13.6. The topological polar surface area (TPSA) is 75.7 Å². The van der Waals surface area contributed by atoms with E-state index in [0.717, 1.165) is 34.9 Å². The number of ether oxygens (including phenoxy) is 1. The van der Waals surface area contributed by atoms with Crippen LogP contribution in [0, 0.1) is 11.6 Å². The first-order valence-corrected chi connectivity index (χ1v) is 12.5. The standard InChI is InChI=1S/C25H26F2N2O4S/c1-3-18-6-11-22(12-7-18)33-15-14-28-25(30)20-8-4-19(5-9-20)17-29(34(2,31)32)21-10-13-23(26)24(27)16-21/h4-13,16H,3,14-15,17H2,1-2H3,(H,28,30). The van der Waals surface area contributed by atoms with Crippen LogP contribution in [0.3, 0.4) is 0 Å². The minimum absolute atomic E-state index is 0.00699. The van der Waals surface area contributed by atoms with Gasteiger partial charge >= 0.3 is 0 Å². The lowest BCUT2D eigenvalue weighted by Gasteiger charge is -2.22. The minimum Gasteiger partial charge on any atom is -0.492 e. The van der Waals surface area contributed by atoms with Crippen LogP contribution < -0.4 is 14.4 Å². The number of hydrogen-bond donors (Lipinski definition) is 1. The molecule has 0 spiro atoms. The van der Waals surface area contributed by atoms with Gasteiger partial charge < -0.3 is 10.1 Å². The van der Waals surface area contributed by atoms with Gasteiger partial charge in [0.15, 0.2) is 11.6 Å². The van der Waals surface area contributed by atoms with Crippen LogP contribution in [0.2, 0.25) is 0 Å². The smallest absolute Gasteiger partial charge is 0.251 e. The Morgan fingerprint density at radius 2 is 1.59 bits per heavy atom. The number of benzene rings is 3. The van der Waals surface area contributed by atoms with E-state index in [0.29, 0.717) is 24.3 Å². The Hall–Kier alpha value is -3.46. The molecule has 9 heteroatoms. The average Bonchev–Trinajstić information content (AvgIpc) is 2.82. The number of carbonyl (C=O) groups excluding carboxylic acids is 1. The molecule has 3 aromatic carbocycles. The molecule has 0 fully saturated rings. The van der Waals surface area contributed by atoms with Crippen molar-refractivity contribution in [2.45, 2.75) is 19.9 Å². The molecule has 0 saturated heterocycles. The molecule has 0 radical (unpaired) electrons. The van der Waals surface area contributed by atoms with Gasteiger partial charge in [-0.05, 0) is 53.9 Å². The third-order valence-corrected chi connectivity index (χ3v) is 6.26. The Bertz CT molecular complexity index is 1230. The Labute approximate surface area is 198 Å². The van der Waals surface area contributed by atoms with Crippen LogP contribution in [0.4, 0.5) is 14.5 Å². The van der Waals surface area contributed by atoms with Crippen LogP contribution in [-0.4, -0.2) is 33.7 Å². The summed E-state index contributed by atoms with van der Waals surface area (Å²) in [5.41, 5.74) is 2.20. The summed E-state index contributed by atoms with van der Waals surface area (Å²) in [6.45, 7) is 2.60. The maximum atomic E-state index is 13.6. The summed E-state index contributed by atoms with van der Waals surface area (Å²) in [6.07, 6.45) is 1.93. The van der Waals surface area contributed by atoms with Gasteiger partial charge in [-0.1, -0.05) is 31.2 Å². The first-order chi connectivity index (χ1) is 16.2. The number of amides is 1. The second kappa shape index (κ2) is 11.1. The quantitative estimate of drug-likeness (QED) is 0.432. The Morgan fingerprint density at radius 1 is 0.941 bits per heavy atom. The summed E-state index contributed by atoms with van der Waals surface area (Å²) in [5.74, 6) is -1.77. The van der Waals surface area contributed by atoms with Crippen molar-refractivity contribution in [3.63, 3.8) is 0 Å². The molecule has 0 aliphatic carbocycles. The Balaban J connectivity index is 1.57. The molecule has 0 aromatic heterocycles. The van der Waals surface area contributed by atoms with Crippen molar-refractivity contribution in [2.75, 3.05) is 23.7 Å². The Kier molecular flexibility index (Phi) is 8.22. The fourth-order valence-electron chi connectivity index (χ4n) is 3.22. The molecule has 34 heavy (non-hydrogen) atoms. The molecule has 0 atom stereocenters. The summed E-state index contributed by atoms with van der Waals surface area (Å²) < 4.78 is 57.9. The van der Waals surface area contributed by atoms with Gasteiger partial charge in [0.05, 0.1) is 25.0 Å². The lowest BCUT2D eigenvalue weighted by Crippen LogP contribution is -2.30. The molecule has 0 saturated carbocycles. The fourth-order valence-corrected chi connectivity index (χ4v) is 4.10. The molecule has 0 bridgehead atoms. The lowest BCUT2D eigenvalue weighted by molar-refractivity contribution is 0.0947. The third kappa shape index (κ3) is 6.77. The predicted molar refractivity (Wildman–Crippen MR) is 127 cm³/mol. The van der Waals surface area contributed by atoms with Crippen molar-refractivity contribution in [1.29, 1.82) is 0 Å². The van der Waals surface area contributed by atoms with E-state index >= 15 is 0 Å². The van der Waals surface area contributed by atoms with Gasteiger partial charge in [0.25, 0.3) is 5.91 Å². The number of anilines is 1. The summed E-state index contributed by atoms with van der Waals surface area (Å²) in [4.78, 5) is 12.4. The monoisotopic (exact) mass is 488 g/mol. The van der Waals surface area contributed by atoms with Gasteiger partial charge in [0, 0.05) is 11.6 Å². The van der Waals surface area contributed by atoms with Crippen molar-refractivity contribution < 1.29 is 26.7 Å². The number of nitrogens with one attached hydrogen (secondary N) is 1. The van der Waals surface area contributed by atoms with Crippen molar-refractivity contribution in [1.82, 2.24) is 5.32 Å². The number of rotatable bonds is 10. The molecule has 1 N–H and O–H groups in total. The van der Waals surface area contributed by atoms with Gasteiger partial charge in [-0.2, -0.15) is 0 Å². The van der Waals surface area contributed by atoms with Crippen molar-refractivity contribution in [2.24, 2.45) is 0 Å². The van der Waals surface area contributed by atoms with E-state index in [1.807, 2.05) is 24.3 Å². The molecule has 3 rings (SSSR count). The highest BCUT2D eigenvalue weighted by molar-refractivity contribution is 7.92. The van der Waals surface area contributed by atoms with Crippen molar-refractivity contribution in [3.8, 4) is 5.75 Å².